The first-order valence-corrected chi connectivity index (χ1v) is 9.83. The maximum absolute atomic E-state index is 11.6. The molecule has 2 heterocycles. The third-order valence-electron chi connectivity index (χ3n) is 5.08. The van der Waals surface area contributed by atoms with Gasteiger partial charge in [0.15, 0.2) is 0 Å². The molecule has 1 amide bonds. The molecule has 5 rings (SSSR count). The van der Waals surface area contributed by atoms with Crippen LogP contribution in [0.1, 0.15) is 0 Å². The summed E-state index contributed by atoms with van der Waals surface area (Å²) in [5.74, 6) is 0.423. The first-order valence-electron chi connectivity index (χ1n) is 9.83. The van der Waals surface area contributed by atoms with Crippen molar-refractivity contribution < 1.29 is 4.79 Å². The first kappa shape index (κ1) is 18.6. The molecular formula is C25H19N5O. The Morgan fingerprint density at radius 1 is 0.903 bits per heavy atom. The quantitative estimate of drug-likeness (QED) is 0.330. The van der Waals surface area contributed by atoms with Gasteiger partial charge in [0.1, 0.15) is 17.8 Å². The second-order valence-electron chi connectivity index (χ2n) is 7.09. The summed E-state index contributed by atoms with van der Waals surface area (Å²) in [6.07, 6.45) is 2.76. The number of anilines is 3. The van der Waals surface area contributed by atoms with Crippen molar-refractivity contribution in [2.75, 3.05) is 10.6 Å². The third-order valence-corrected chi connectivity index (χ3v) is 5.08. The fraction of sp³-hybridized carbons (Fsp3) is 0. The molecule has 0 aliphatic carbocycles. The van der Waals surface area contributed by atoms with Gasteiger partial charge in [0.05, 0.1) is 5.39 Å². The number of H-pyrrole nitrogens is 1. The van der Waals surface area contributed by atoms with Crippen molar-refractivity contribution in [1.82, 2.24) is 15.0 Å². The van der Waals surface area contributed by atoms with Gasteiger partial charge in [0, 0.05) is 22.6 Å². The van der Waals surface area contributed by atoms with E-state index in [-0.39, 0.29) is 5.91 Å². The Morgan fingerprint density at radius 3 is 2.61 bits per heavy atom. The standard InChI is InChI=1S/C25H19N5O/c1-2-23(31)28-17-9-6-10-18(13-17)29-24-21-14-22(30-25(21)27-15-26-24)20-12-5-8-16-7-3-4-11-19(16)20/h2-15H,1H2,(H,28,31)(H2,26,27,29,30). The Kier molecular flexibility index (Phi) is 4.65. The van der Waals surface area contributed by atoms with Gasteiger partial charge in [-0.05, 0) is 41.1 Å². The molecule has 0 fully saturated rings. The molecule has 0 aliphatic rings. The van der Waals surface area contributed by atoms with E-state index in [2.05, 4.69) is 68.6 Å². The van der Waals surface area contributed by atoms with Crippen molar-refractivity contribution in [3.63, 3.8) is 0 Å². The van der Waals surface area contributed by atoms with Crippen LogP contribution in [0.2, 0.25) is 0 Å². The summed E-state index contributed by atoms with van der Waals surface area (Å²) in [6.45, 7) is 3.48. The molecule has 3 aromatic carbocycles. The fourth-order valence-electron chi connectivity index (χ4n) is 3.65. The average Bonchev–Trinajstić information content (AvgIpc) is 3.24. The molecule has 0 bridgehead atoms. The molecule has 31 heavy (non-hydrogen) atoms. The van der Waals surface area contributed by atoms with Gasteiger partial charge in [0.2, 0.25) is 5.91 Å². The molecule has 0 aliphatic heterocycles. The Bertz CT molecular complexity index is 1430. The zero-order valence-corrected chi connectivity index (χ0v) is 16.6. The second kappa shape index (κ2) is 7.76. The van der Waals surface area contributed by atoms with Gasteiger partial charge < -0.3 is 15.6 Å². The van der Waals surface area contributed by atoms with E-state index in [9.17, 15) is 4.79 Å². The zero-order chi connectivity index (χ0) is 21.2. The van der Waals surface area contributed by atoms with Crippen LogP contribution in [0.25, 0.3) is 33.1 Å². The first-order chi connectivity index (χ1) is 15.2. The second-order valence-corrected chi connectivity index (χ2v) is 7.09. The van der Waals surface area contributed by atoms with Crippen molar-refractivity contribution in [3.05, 3.63) is 91.8 Å². The minimum atomic E-state index is -0.257. The average molecular weight is 405 g/mol. The van der Waals surface area contributed by atoms with Crippen LogP contribution >= 0.6 is 0 Å². The number of aromatic amines is 1. The number of benzene rings is 3. The number of hydrogen-bond acceptors (Lipinski definition) is 4. The number of fused-ring (bicyclic) bond motifs is 2. The number of carbonyl (C=O) groups is 1. The number of nitrogens with one attached hydrogen (secondary N) is 3. The van der Waals surface area contributed by atoms with Gasteiger partial charge in [-0.1, -0.05) is 55.1 Å². The molecule has 0 saturated carbocycles. The van der Waals surface area contributed by atoms with Crippen LogP contribution in [-0.2, 0) is 4.79 Å². The van der Waals surface area contributed by atoms with Crippen LogP contribution in [0.4, 0.5) is 17.2 Å². The van der Waals surface area contributed by atoms with Crippen molar-refractivity contribution in [2.45, 2.75) is 0 Å². The maximum Gasteiger partial charge on any atom is 0.247 e. The summed E-state index contributed by atoms with van der Waals surface area (Å²) in [6, 6.07) is 24.0. The Balaban J connectivity index is 1.53. The molecule has 0 atom stereocenters. The van der Waals surface area contributed by atoms with E-state index in [1.165, 1.54) is 23.2 Å². The molecule has 2 aromatic heterocycles. The summed E-state index contributed by atoms with van der Waals surface area (Å²) in [7, 11) is 0. The Hall–Kier alpha value is -4.45. The number of amides is 1. The number of nitrogens with zero attached hydrogens (tertiary/aromatic N) is 2. The Morgan fingerprint density at radius 2 is 1.71 bits per heavy atom. The highest BCUT2D eigenvalue weighted by Gasteiger charge is 2.12. The summed E-state index contributed by atoms with van der Waals surface area (Å²) in [4.78, 5) is 23.8. The lowest BCUT2D eigenvalue weighted by Crippen LogP contribution is -2.07. The van der Waals surface area contributed by atoms with E-state index in [4.69, 9.17) is 0 Å². The van der Waals surface area contributed by atoms with Crippen molar-refractivity contribution in [3.8, 4) is 11.3 Å². The van der Waals surface area contributed by atoms with Crippen LogP contribution in [0.3, 0.4) is 0 Å². The van der Waals surface area contributed by atoms with Crippen LogP contribution in [0, 0.1) is 0 Å². The predicted molar refractivity (Wildman–Crippen MR) is 125 cm³/mol. The zero-order valence-electron chi connectivity index (χ0n) is 16.6. The highest BCUT2D eigenvalue weighted by Crippen LogP contribution is 2.32. The molecule has 0 spiro atoms. The van der Waals surface area contributed by atoms with Gasteiger partial charge in [0.25, 0.3) is 0 Å². The van der Waals surface area contributed by atoms with E-state index in [0.29, 0.717) is 11.5 Å². The highest BCUT2D eigenvalue weighted by molar-refractivity contribution is 6.01. The summed E-state index contributed by atoms with van der Waals surface area (Å²) < 4.78 is 0. The smallest absolute Gasteiger partial charge is 0.247 e. The molecule has 3 N–H and O–H groups in total. The van der Waals surface area contributed by atoms with Gasteiger partial charge in [-0.15, -0.1) is 0 Å². The third kappa shape index (κ3) is 3.62. The topological polar surface area (TPSA) is 82.7 Å². The predicted octanol–water partition coefficient (Wildman–Crippen LogP) is 5.65. The molecule has 0 radical (unpaired) electrons. The molecule has 6 nitrogen and oxygen atoms in total. The molecule has 5 aromatic rings. The fourth-order valence-corrected chi connectivity index (χ4v) is 3.65. The summed E-state index contributed by atoms with van der Waals surface area (Å²) >= 11 is 0. The van der Waals surface area contributed by atoms with Crippen LogP contribution in [0.5, 0.6) is 0 Å². The van der Waals surface area contributed by atoms with E-state index in [1.54, 1.807) is 0 Å². The van der Waals surface area contributed by atoms with E-state index in [1.807, 2.05) is 36.4 Å². The molecule has 6 heteroatoms. The van der Waals surface area contributed by atoms with E-state index in [0.717, 1.165) is 28.0 Å². The van der Waals surface area contributed by atoms with Gasteiger partial charge in [-0.25, -0.2) is 9.97 Å². The van der Waals surface area contributed by atoms with Gasteiger partial charge in [-0.2, -0.15) is 0 Å². The van der Waals surface area contributed by atoms with E-state index < -0.39 is 0 Å². The highest BCUT2D eigenvalue weighted by atomic mass is 16.1. The number of carbonyl (C=O) groups excluding carboxylic acids is 1. The van der Waals surface area contributed by atoms with Crippen molar-refractivity contribution in [1.29, 1.82) is 0 Å². The van der Waals surface area contributed by atoms with Crippen LogP contribution in [-0.4, -0.2) is 20.9 Å². The molecule has 150 valence electrons. The van der Waals surface area contributed by atoms with Crippen molar-refractivity contribution >= 4 is 44.9 Å². The SMILES string of the molecule is C=CC(=O)Nc1cccc(Nc2ncnc3[nH]c(-c4cccc5ccccc45)cc23)c1. The lowest BCUT2D eigenvalue weighted by atomic mass is 10.0. The van der Waals surface area contributed by atoms with Crippen molar-refractivity contribution in [2.24, 2.45) is 0 Å². The molecule has 0 unspecified atom stereocenters. The van der Waals surface area contributed by atoms with Gasteiger partial charge >= 0.3 is 0 Å². The lowest BCUT2D eigenvalue weighted by molar-refractivity contribution is -0.111. The maximum atomic E-state index is 11.6. The largest absolute Gasteiger partial charge is 0.340 e. The minimum absolute atomic E-state index is 0.257. The summed E-state index contributed by atoms with van der Waals surface area (Å²) in [5.41, 5.74) is 4.30. The van der Waals surface area contributed by atoms with Crippen LogP contribution < -0.4 is 10.6 Å². The van der Waals surface area contributed by atoms with Gasteiger partial charge in [-0.3, -0.25) is 4.79 Å². The number of aromatic nitrogens is 3. The monoisotopic (exact) mass is 405 g/mol. The minimum Gasteiger partial charge on any atom is -0.340 e. The molecule has 0 saturated heterocycles. The normalized spacial score (nSPS) is 10.8. The number of hydrogen-bond donors (Lipinski definition) is 3. The van der Waals surface area contributed by atoms with Crippen LogP contribution in [0.15, 0.2) is 91.8 Å². The number of rotatable bonds is 5. The Labute approximate surface area is 178 Å². The molecular weight excluding hydrogens is 386 g/mol. The van der Waals surface area contributed by atoms with E-state index >= 15 is 0 Å². The lowest BCUT2D eigenvalue weighted by Gasteiger charge is -2.08. The summed E-state index contributed by atoms with van der Waals surface area (Å²) in [5, 5.41) is 9.33.